The van der Waals surface area contributed by atoms with Crippen LogP contribution in [0, 0.1) is 0 Å². The second kappa shape index (κ2) is 10.8. The Hall–Kier alpha value is -1.88. The monoisotopic (exact) mass is 321 g/mol. The van der Waals surface area contributed by atoms with Crippen LogP contribution in [-0.4, -0.2) is 32.1 Å². The van der Waals surface area contributed by atoms with Gasteiger partial charge in [-0.2, -0.15) is 0 Å². The van der Waals surface area contributed by atoms with Gasteiger partial charge in [-0.15, -0.1) is 0 Å². The van der Waals surface area contributed by atoms with Crippen molar-refractivity contribution < 1.29 is 19.1 Å². The molecule has 0 aromatic heterocycles. The first-order valence-electron chi connectivity index (χ1n) is 8.10. The number of esters is 1. The maximum absolute atomic E-state index is 12.5. The molecule has 0 radical (unpaired) electrons. The number of nitrogens with one attached hydrogen (secondary N) is 1. The smallest absolute Gasteiger partial charge is 0.328 e. The van der Waals surface area contributed by atoms with Gasteiger partial charge < -0.3 is 14.8 Å². The van der Waals surface area contributed by atoms with Crippen molar-refractivity contribution in [1.29, 1.82) is 0 Å². The molecule has 0 spiro atoms. The predicted octanol–water partition coefficient (Wildman–Crippen LogP) is 3.00. The minimum absolute atomic E-state index is 0.329. The minimum Gasteiger partial charge on any atom is -0.467 e. The summed E-state index contributed by atoms with van der Waals surface area (Å²) in [6.45, 7) is 2.13. The standard InChI is InChI=1S/C18H27NO4/c1-4-5-6-10-13-15(18(21)23-3)19-17(20)16(22-2)14-11-8-7-9-12-14/h7-9,11-12,15-16H,4-6,10,13H2,1-3H3,(H,19,20)/t15-,16+/m0/s1. The van der Waals surface area contributed by atoms with E-state index in [1.165, 1.54) is 14.2 Å². The number of hydrogen-bond donors (Lipinski definition) is 1. The zero-order valence-corrected chi connectivity index (χ0v) is 14.2. The van der Waals surface area contributed by atoms with Crippen LogP contribution in [0.2, 0.25) is 0 Å². The van der Waals surface area contributed by atoms with Crippen molar-refractivity contribution in [2.75, 3.05) is 14.2 Å². The van der Waals surface area contributed by atoms with E-state index in [1.807, 2.05) is 30.3 Å². The molecular formula is C18H27NO4. The van der Waals surface area contributed by atoms with Crippen LogP contribution in [0.15, 0.2) is 30.3 Å². The van der Waals surface area contributed by atoms with Crippen molar-refractivity contribution in [2.45, 2.75) is 51.2 Å². The van der Waals surface area contributed by atoms with Crippen LogP contribution >= 0.6 is 0 Å². The number of unbranched alkanes of at least 4 members (excludes halogenated alkanes) is 3. The summed E-state index contributed by atoms with van der Waals surface area (Å²) in [5, 5.41) is 2.76. The molecule has 0 fully saturated rings. The summed E-state index contributed by atoms with van der Waals surface area (Å²) in [4.78, 5) is 24.3. The first kappa shape index (κ1) is 19.2. The lowest BCUT2D eigenvalue weighted by molar-refractivity contribution is -0.147. The van der Waals surface area contributed by atoms with E-state index in [-0.39, 0.29) is 5.91 Å². The van der Waals surface area contributed by atoms with Crippen molar-refractivity contribution in [3.8, 4) is 0 Å². The van der Waals surface area contributed by atoms with Crippen molar-refractivity contribution in [3.63, 3.8) is 0 Å². The average molecular weight is 321 g/mol. The molecule has 0 unspecified atom stereocenters. The second-order valence-corrected chi connectivity index (χ2v) is 5.46. The molecule has 1 aromatic rings. The lowest BCUT2D eigenvalue weighted by Gasteiger charge is -2.20. The Balaban J connectivity index is 2.68. The van der Waals surface area contributed by atoms with Gasteiger partial charge in [0.25, 0.3) is 5.91 Å². The number of hydrogen-bond acceptors (Lipinski definition) is 4. The highest BCUT2D eigenvalue weighted by Gasteiger charge is 2.26. The highest BCUT2D eigenvalue weighted by Crippen LogP contribution is 2.17. The largest absolute Gasteiger partial charge is 0.467 e. The van der Waals surface area contributed by atoms with Gasteiger partial charge in [0.05, 0.1) is 7.11 Å². The quantitative estimate of drug-likeness (QED) is 0.531. The van der Waals surface area contributed by atoms with Gasteiger partial charge in [0.15, 0.2) is 6.10 Å². The molecule has 0 aliphatic carbocycles. The number of methoxy groups -OCH3 is 2. The third kappa shape index (κ3) is 6.40. The van der Waals surface area contributed by atoms with Crippen LogP contribution in [0.1, 0.15) is 50.7 Å². The summed E-state index contributed by atoms with van der Waals surface area (Å²) in [6, 6.07) is 8.57. The Bertz CT molecular complexity index is 475. The summed E-state index contributed by atoms with van der Waals surface area (Å²) in [5.74, 6) is -0.748. The molecule has 5 nitrogen and oxygen atoms in total. The Kier molecular flexibility index (Phi) is 8.98. The van der Waals surface area contributed by atoms with E-state index in [0.717, 1.165) is 31.2 Å². The Morgan fingerprint density at radius 2 is 1.78 bits per heavy atom. The normalized spacial score (nSPS) is 13.2. The SMILES string of the molecule is CCCCCC[C@H](NC(=O)[C@H](OC)c1ccccc1)C(=O)OC. The number of carbonyl (C=O) groups is 2. The maximum Gasteiger partial charge on any atom is 0.328 e. The second-order valence-electron chi connectivity index (χ2n) is 5.46. The summed E-state index contributed by atoms with van der Waals surface area (Å²) >= 11 is 0. The molecule has 0 aliphatic heterocycles. The molecule has 0 aliphatic rings. The number of amides is 1. The molecule has 1 amide bonds. The van der Waals surface area contributed by atoms with Crippen LogP contribution in [0.4, 0.5) is 0 Å². The molecular weight excluding hydrogens is 294 g/mol. The molecule has 1 N–H and O–H groups in total. The highest BCUT2D eigenvalue weighted by atomic mass is 16.5. The fourth-order valence-corrected chi connectivity index (χ4v) is 2.44. The summed E-state index contributed by atoms with van der Waals surface area (Å²) in [6.07, 6.45) is 3.98. The van der Waals surface area contributed by atoms with Gasteiger partial charge >= 0.3 is 5.97 Å². The van der Waals surface area contributed by atoms with E-state index in [1.54, 1.807) is 0 Å². The van der Waals surface area contributed by atoms with Crippen LogP contribution in [0.3, 0.4) is 0 Å². The molecule has 128 valence electrons. The van der Waals surface area contributed by atoms with Gasteiger partial charge in [-0.3, -0.25) is 4.79 Å². The Labute approximate surface area is 138 Å². The summed E-state index contributed by atoms with van der Waals surface area (Å²) in [7, 11) is 2.81. The van der Waals surface area contributed by atoms with Crippen LogP contribution in [0.5, 0.6) is 0 Å². The highest BCUT2D eigenvalue weighted by molar-refractivity contribution is 5.87. The van der Waals surface area contributed by atoms with Crippen LogP contribution in [0.25, 0.3) is 0 Å². The lowest BCUT2D eigenvalue weighted by Crippen LogP contribution is -2.44. The van der Waals surface area contributed by atoms with Gasteiger partial charge in [-0.05, 0) is 12.0 Å². The summed E-state index contributed by atoms with van der Waals surface area (Å²) < 4.78 is 10.1. The zero-order valence-electron chi connectivity index (χ0n) is 14.2. The number of carbonyl (C=O) groups excluding carboxylic acids is 2. The van der Waals surface area contributed by atoms with Crippen molar-refractivity contribution in [2.24, 2.45) is 0 Å². The molecule has 1 rings (SSSR count). The molecule has 0 heterocycles. The van der Waals surface area contributed by atoms with Gasteiger partial charge in [0.1, 0.15) is 6.04 Å². The predicted molar refractivity (Wildman–Crippen MR) is 88.9 cm³/mol. The van der Waals surface area contributed by atoms with E-state index >= 15 is 0 Å². The van der Waals surface area contributed by atoms with Crippen molar-refractivity contribution in [1.82, 2.24) is 5.32 Å². The Morgan fingerprint density at radius 1 is 1.09 bits per heavy atom. The van der Waals surface area contributed by atoms with E-state index < -0.39 is 18.1 Å². The van der Waals surface area contributed by atoms with E-state index in [0.29, 0.717) is 6.42 Å². The minimum atomic E-state index is -0.737. The van der Waals surface area contributed by atoms with Crippen molar-refractivity contribution in [3.05, 3.63) is 35.9 Å². The first-order valence-corrected chi connectivity index (χ1v) is 8.10. The average Bonchev–Trinajstić information content (AvgIpc) is 2.58. The number of rotatable bonds is 10. The molecule has 1 aromatic carbocycles. The topological polar surface area (TPSA) is 64.6 Å². The van der Waals surface area contributed by atoms with Crippen LogP contribution < -0.4 is 5.32 Å². The number of ether oxygens (including phenoxy) is 2. The van der Waals surface area contributed by atoms with E-state index in [9.17, 15) is 9.59 Å². The zero-order chi connectivity index (χ0) is 17.1. The third-order valence-electron chi connectivity index (χ3n) is 3.72. The summed E-state index contributed by atoms with van der Waals surface area (Å²) in [5.41, 5.74) is 0.752. The molecule has 0 saturated heterocycles. The molecule has 2 atom stereocenters. The molecule has 23 heavy (non-hydrogen) atoms. The molecule has 0 bridgehead atoms. The molecule has 0 saturated carbocycles. The van der Waals surface area contributed by atoms with Gasteiger partial charge in [0.2, 0.25) is 0 Å². The van der Waals surface area contributed by atoms with Gasteiger partial charge in [-0.1, -0.05) is 62.9 Å². The maximum atomic E-state index is 12.5. The Morgan fingerprint density at radius 3 is 2.35 bits per heavy atom. The van der Waals surface area contributed by atoms with Gasteiger partial charge in [-0.25, -0.2) is 4.79 Å². The third-order valence-corrected chi connectivity index (χ3v) is 3.72. The van der Waals surface area contributed by atoms with E-state index in [4.69, 9.17) is 9.47 Å². The fourth-order valence-electron chi connectivity index (χ4n) is 2.44. The fraction of sp³-hybridized carbons (Fsp3) is 0.556. The van der Waals surface area contributed by atoms with Crippen molar-refractivity contribution >= 4 is 11.9 Å². The first-order chi connectivity index (χ1) is 11.1. The molecule has 5 heteroatoms. The van der Waals surface area contributed by atoms with Crippen LogP contribution in [-0.2, 0) is 19.1 Å². The van der Waals surface area contributed by atoms with Gasteiger partial charge in [0, 0.05) is 7.11 Å². The van der Waals surface area contributed by atoms with E-state index in [2.05, 4.69) is 12.2 Å². The number of benzene rings is 1. The lowest BCUT2D eigenvalue weighted by atomic mass is 10.1.